The maximum absolute atomic E-state index is 8.96. The van der Waals surface area contributed by atoms with E-state index in [9.17, 15) is 0 Å². The molecule has 2 rings (SSSR count). The number of benzene rings is 2. The highest BCUT2D eigenvalue weighted by atomic mass is 127. The van der Waals surface area contributed by atoms with E-state index >= 15 is 0 Å². The summed E-state index contributed by atoms with van der Waals surface area (Å²) < 4.78 is 1.23. The molecule has 0 fully saturated rings. The van der Waals surface area contributed by atoms with Crippen molar-refractivity contribution in [2.24, 2.45) is 0 Å². The lowest BCUT2D eigenvalue weighted by Gasteiger charge is -2.08. The lowest BCUT2D eigenvalue weighted by atomic mass is 10.2. The number of halogens is 1. The van der Waals surface area contributed by atoms with E-state index in [1.165, 1.54) is 9.13 Å². The van der Waals surface area contributed by atoms with Gasteiger partial charge in [-0.25, -0.2) is 0 Å². The average Bonchev–Trinajstić information content (AvgIpc) is 2.38. The third kappa shape index (κ3) is 3.21. The summed E-state index contributed by atoms with van der Waals surface area (Å²) in [5.41, 5.74) is 2.77. The number of nitrogens with one attached hydrogen (secondary N) is 1. The van der Waals surface area contributed by atoms with Crippen molar-refractivity contribution in [3.8, 4) is 6.07 Å². The lowest BCUT2D eigenvalue weighted by molar-refractivity contribution is 1.14. The van der Waals surface area contributed by atoms with Gasteiger partial charge in [0.15, 0.2) is 0 Å². The Bertz CT molecular complexity index is 541. The van der Waals surface area contributed by atoms with Crippen LogP contribution in [0, 0.1) is 14.9 Å². The Hall–Kier alpha value is -1.54. The van der Waals surface area contributed by atoms with Crippen LogP contribution in [0.5, 0.6) is 0 Å². The van der Waals surface area contributed by atoms with Gasteiger partial charge in [-0.15, -0.1) is 0 Å². The maximum atomic E-state index is 8.96. The first-order valence-electron chi connectivity index (χ1n) is 5.27. The first-order valence-corrected chi connectivity index (χ1v) is 6.35. The second-order valence-electron chi connectivity index (χ2n) is 3.64. The SMILES string of the molecule is N#Cc1ccccc1NCc1ccc(I)cc1. The summed E-state index contributed by atoms with van der Waals surface area (Å²) in [4.78, 5) is 0. The van der Waals surface area contributed by atoms with Crippen LogP contribution in [-0.2, 0) is 6.54 Å². The Labute approximate surface area is 114 Å². The maximum Gasteiger partial charge on any atom is 0.101 e. The molecule has 1 N–H and O–H groups in total. The van der Waals surface area contributed by atoms with Crippen molar-refractivity contribution < 1.29 is 0 Å². The summed E-state index contributed by atoms with van der Waals surface area (Å²) in [7, 11) is 0. The monoisotopic (exact) mass is 334 g/mol. The van der Waals surface area contributed by atoms with E-state index in [-0.39, 0.29) is 0 Å². The van der Waals surface area contributed by atoms with Gasteiger partial charge in [0, 0.05) is 10.1 Å². The summed E-state index contributed by atoms with van der Waals surface area (Å²) in [6.07, 6.45) is 0. The fourth-order valence-electron chi connectivity index (χ4n) is 1.53. The predicted molar refractivity (Wildman–Crippen MR) is 77.6 cm³/mol. The quantitative estimate of drug-likeness (QED) is 0.868. The molecule has 0 aliphatic rings. The highest BCUT2D eigenvalue weighted by Crippen LogP contribution is 2.15. The molecule has 84 valence electrons. The zero-order valence-electron chi connectivity index (χ0n) is 9.15. The second-order valence-corrected chi connectivity index (χ2v) is 4.88. The Morgan fingerprint density at radius 1 is 1.06 bits per heavy atom. The van der Waals surface area contributed by atoms with Gasteiger partial charge < -0.3 is 5.32 Å². The zero-order valence-corrected chi connectivity index (χ0v) is 11.3. The molecule has 2 aromatic carbocycles. The number of para-hydroxylation sites is 1. The molecule has 0 aromatic heterocycles. The molecule has 0 saturated carbocycles. The fraction of sp³-hybridized carbons (Fsp3) is 0.0714. The molecular weight excluding hydrogens is 323 g/mol. The Morgan fingerprint density at radius 2 is 1.76 bits per heavy atom. The van der Waals surface area contributed by atoms with Gasteiger partial charge >= 0.3 is 0 Å². The summed E-state index contributed by atoms with van der Waals surface area (Å²) in [6, 6.07) is 18.0. The standard InChI is InChI=1S/C14H11IN2/c15-13-7-5-11(6-8-13)10-17-14-4-2-1-3-12(14)9-16/h1-8,17H,10H2. The summed E-state index contributed by atoms with van der Waals surface area (Å²) >= 11 is 2.28. The van der Waals surface area contributed by atoms with Crippen LogP contribution < -0.4 is 5.32 Å². The van der Waals surface area contributed by atoms with E-state index in [1.807, 2.05) is 24.3 Å². The third-order valence-corrected chi connectivity index (χ3v) is 3.16. The minimum Gasteiger partial charge on any atom is -0.380 e. The molecule has 0 heterocycles. The molecule has 0 amide bonds. The zero-order chi connectivity index (χ0) is 12.1. The fourth-order valence-corrected chi connectivity index (χ4v) is 1.89. The van der Waals surface area contributed by atoms with Crippen molar-refractivity contribution in [3.05, 3.63) is 63.2 Å². The number of hydrogen-bond donors (Lipinski definition) is 1. The smallest absolute Gasteiger partial charge is 0.101 e. The van der Waals surface area contributed by atoms with Crippen molar-refractivity contribution in [3.63, 3.8) is 0 Å². The van der Waals surface area contributed by atoms with Gasteiger partial charge in [-0.1, -0.05) is 24.3 Å². The van der Waals surface area contributed by atoms with Gasteiger partial charge in [0.1, 0.15) is 6.07 Å². The Kier molecular flexibility index (Phi) is 3.99. The molecule has 0 unspecified atom stereocenters. The van der Waals surface area contributed by atoms with Gasteiger partial charge in [0.2, 0.25) is 0 Å². The van der Waals surface area contributed by atoms with Gasteiger partial charge in [0.05, 0.1) is 11.3 Å². The number of hydrogen-bond acceptors (Lipinski definition) is 2. The summed E-state index contributed by atoms with van der Waals surface area (Å²) in [5.74, 6) is 0. The van der Waals surface area contributed by atoms with E-state index in [0.29, 0.717) is 5.56 Å². The molecule has 2 aromatic rings. The first-order chi connectivity index (χ1) is 8.29. The molecule has 0 aliphatic heterocycles. The van der Waals surface area contributed by atoms with Crippen LogP contribution in [0.3, 0.4) is 0 Å². The third-order valence-electron chi connectivity index (χ3n) is 2.44. The minimum absolute atomic E-state index is 0.679. The largest absolute Gasteiger partial charge is 0.380 e. The number of rotatable bonds is 3. The molecule has 2 nitrogen and oxygen atoms in total. The van der Waals surface area contributed by atoms with Crippen LogP contribution in [-0.4, -0.2) is 0 Å². The average molecular weight is 334 g/mol. The van der Waals surface area contributed by atoms with E-state index in [1.54, 1.807) is 0 Å². The topological polar surface area (TPSA) is 35.8 Å². The van der Waals surface area contributed by atoms with Gasteiger partial charge in [-0.05, 0) is 52.4 Å². The molecule has 0 atom stereocenters. The molecule has 0 bridgehead atoms. The number of anilines is 1. The Balaban J connectivity index is 2.08. The summed E-state index contributed by atoms with van der Waals surface area (Å²) in [6.45, 7) is 0.732. The minimum atomic E-state index is 0.679. The van der Waals surface area contributed by atoms with Crippen molar-refractivity contribution in [2.75, 3.05) is 5.32 Å². The van der Waals surface area contributed by atoms with E-state index in [4.69, 9.17) is 5.26 Å². The normalized spacial score (nSPS) is 9.65. The first kappa shape index (κ1) is 11.9. The highest BCUT2D eigenvalue weighted by molar-refractivity contribution is 14.1. The van der Waals surface area contributed by atoms with E-state index in [0.717, 1.165) is 12.2 Å². The van der Waals surface area contributed by atoms with Crippen LogP contribution >= 0.6 is 22.6 Å². The van der Waals surface area contributed by atoms with Crippen LogP contribution in [0.1, 0.15) is 11.1 Å². The molecule has 0 radical (unpaired) electrons. The molecular formula is C14H11IN2. The number of nitriles is 1. The van der Waals surface area contributed by atoms with Crippen LogP contribution in [0.15, 0.2) is 48.5 Å². The van der Waals surface area contributed by atoms with Crippen molar-refractivity contribution in [1.82, 2.24) is 0 Å². The molecule has 17 heavy (non-hydrogen) atoms. The number of nitrogens with zero attached hydrogens (tertiary/aromatic N) is 1. The van der Waals surface area contributed by atoms with Gasteiger partial charge in [-0.2, -0.15) is 5.26 Å². The van der Waals surface area contributed by atoms with Gasteiger partial charge in [0.25, 0.3) is 0 Å². The molecule has 0 saturated heterocycles. The van der Waals surface area contributed by atoms with Crippen molar-refractivity contribution >= 4 is 28.3 Å². The highest BCUT2D eigenvalue weighted by Gasteiger charge is 1.99. The Morgan fingerprint density at radius 3 is 2.47 bits per heavy atom. The summed E-state index contributed by atoms with van der Waals surface area (Å²) in [5, 5.41) is 12.2. The van der Waals surface area contributed by atoms with E-state index < -0.39 is 0 Å². The molecule has 3 heteroatoms. The van der Waals surface area contributed by atoms with Crippen molar-refractivity contribution in [1.29, 1.82) is 5.26 Å². The van der Waals surface area contributed by atoms with Gasteiger partial charge in [-0.3, -0.25) is 0 Å². The second kappa shape index (κ2) is 5.69. The predicted octanol–water partition coefficient (Wildman–Crippen LogP) is 3.77. The van der Waals surface area contributed by atoms with E-state index in [2.05, 4.69) is 58.2 Å². The van der Waals surface area contributed by atoms with Crippen LogP contribution in [0.25, 0.3) is 0 Å². The van der Waals surface area contributed by atoms with Crippen LogP contribution in [0.4, 0.5) is 5.69 Å². The lowest BCUT2D eigenvalue weighted by Crippen LogP contribution is -2.00. The molecule has 0 spiro atoms. The van der Waals surface area contributed by atoms with Crippen LogP contribution in [0.2, 0.25) is 0 Å². The molecule has 0 aliphatic carbocycles. The van der Waals surface area contributed by atoms with Crippen molar-refractivity contribution in [2.45, 2.75) is 6.54 Å².